The number of hydrogen-bond donors (Lipinski definition) is 0. The molecule has 1 aromatic heterocycles. The van der Waals surface area contributed by atoms with Gasteiger partial charge in [0, 0.05) is 11.8 Å². The van der Waals surface area contributed by atoms with Crippen molar-refractivity contribution in [3.05, 3.63) is 35.5 Å². The molecular weight excluding hydrogens is 312 g/mol. The van der Waals surface area contributed by atoms with Gasteiger partial charge in [0.05, 0.1) is 10.2 Å². The third-order valence-electron chi connectivity index (χ3n) is 2.04. The molecule has 6 heteroatoms. The van der Waals surface area contributed by atoms with Crippen LogP contribution in [0, 0.1) is 0 Å². The minimum Gasteiger partial charge on any atom is -0.434 e. The van der Waals surface area contributed by atoms with Crippen LogP contribution in [0.4, 0.5) is 8.78 Å². The number of thiazole rings is 1. The summed E-state index contributed by atoms with van der Waals surface area (Å²) in [5.74, 6) is 0.173. The number of ether oxygens (including phenoxy) is 1. The summed E-state index contributed by atoms with van der Waals surface area (Å²) >= 11 is 4.74. The van der Waals surface area contributed by atoms with Gasteiger partial charge < -0.3 is 4.74 Å². The van der Waals surface area contributed by atoms with Crippen LogP contribution in [0.3, 0.4) is 0 Å². The van der Waals surface area contributed by atoms with Crippen molar-refractivity contribution < 1.29 is 13.5 Å². The molecule has 0 atom stereocenters. The van der Waals surface area contributed by atoms with E-state index < -0.39 is 6.61 Å². The van der Waals surface area contributed by atoms with Gasteiger partial charge in [-0.3, -0.25) is 0 Å². The molecule has 0 amide bonds. The maximum Gasteiger partial charge on any atom is 0.387 e. The van der Waals surface area contributed by atoms with E-state index in [0.29, 0.717) is 10.9 Å². The molecule has 0 saturated carbocycles. The highest BCUT2D eigenvalue weighted by Crippen LogP contribution is 2.34. The summed E-state index contributed by atoms with van der Waals surface area (Å²) in [7, 11) is 0. The van der Waals surface area contributed by atoms with Gasteiger partial charge in [-0.25, -0.2) is 4.98 Å². The highest BCUT2D eigenvalue weighted by Gasteiger charge is 2.12. The van der Waals surface area contributed by atoms with Crippen molar-refractivity contribution in [2.45, 2.75) is 11.9 Å². The van der Waals surface area contributed by atoms with E-state index in [9.17, 15) is 8.78 Å². The molecule has 1 aromatic carbocycles. The highest BCUT2D eigenvalue weighted by molar-refractivity contribution is 9.08. The molecule has 0 radical (unpaired) electrons. The van der Waals surface area contributed by atoms with Crippen LogP contribution in [0.25, 0.3) is 10.4 Å². The number of benzene rings is 1. The lowest BCUT2D eigenvalue weighted by atomic mass is 10.2. The van der Waals surface area contributed by atoms with Crippen molar-refractivity contribution in [3.8, 4) is 16.2 Å². The molecule has 0 N–H and O–H groups in total. The second-order valence-corrected chi connectivity index (χ2v) is 4.80. The molecule has 0 bridgehead atoms. The zero-order valence-corrected chi connectivity index (χ0v) is 11.0. The fourth-order valence-electron chi connectivity index (χ4n) is 1.37. The molecule has 1 heterocycles. The minimum atomic E-state index is -2.82. The van der Waals surface area contributed by atoms with E-state index in [1.807, 2.05) is 0 Å². The van der Waals surface area contributed by atoms with Crippen molar-refractivity contribution in [1.82, 2.24) is 4.98 Å². The van der Waals surface area contributed by atoms with Crippen LogP contribution in [-0.4, -0.2) is 11.6 Å². The maximum atomic E-state index is 12.2. The van der Waals surface area contributed by atoms with E-state index in [2.05, 4.69) is 25.7 Å². The minimum absolute atomic E-state index is 0.173. The van der Waals surface area contributed by atoms with Crippen LogP contribution in [-0.2, 0) is 5.33 Å². The van der Waals surface area contributed by atoms with Gasteiger partial charge in [-0.2, -0.15) is 8.78 Å². The molecule has 0 spiro atoms. The Kier molecular flexibility index (Phi) is 4.06. The number of halogens is 3. The molecule has 2 rings (SSSR count). The molecule has 0 fully saturated rings. The van der Waals surface area contributed by atoms with Crippen molar-refractivity contribution in [1.29, 1.82) is 0 Å². The molecule has 17 heavy (non-hydrogen) atoms. The number of aromatic nitrogens is 1. The first-order chi connectivity index (χ1) is 8.20. The Morgan fingerprint density at radius 1 is 1.35 bits per heavy atom. The summed E-state index contributed by atoms with van der Waals surface area (Å²) in [5.41, 5.74) is 0.637. The number of rotatable bonds is 4. The average Bonchev–Trinajstić information content (AvgIpc) is 2.77. The predicted octanol–water partition coefficient (Wildman–Crippen LogP) is 4.31. The summed E-state index contributed by atoms with van der Waals surface area (Å²) in [6, 6.07) is 6.70. The van der Waals surface area contributed by atoms with E-state index in [4.69, 9.17) is 0 Å². The summed E-state index contributed by atoms with van der Waals surface area (Å²) in [6.45, 7) is -2.82. The van der Waals surface area contributed by atoms with Gasteiger partial charge >= 0.3 is 6.61 Å². The van der Waals surface area contributed by atoms with Crippen molar-refractivity contribution >= 4 is 27.3 Å². The van der Waals surface area contributed by atoms with E-state index in [1.54, 1.807) is 24.4 Å². The van der Waals surface area contributed by atoms with Gasteiger partial charge in [0.15, 0.2) is 0 Å². The normalized spacial score (nSPS) is 10.8. The smallest absolute Gasteiger partial charge is 0.387 e. The zero-order chi connectivity index (χ0) is 12.3. The fraction of sp³-hybridized carbons (Fsp3) is 0.182. The summed E-state index contributed by atoms with van der Waals surface area (Å²) in [6.07, 6.45) is 1.66. The lowest BCUT2D eigenvalue weighted by Gasteiger charge is -2.08. The molecule has 0 saturated heterocycles. The van der Waals surface area contributed by atoms with Crippen LogP contribution in [0.2, 0.25) is 0 Å². The molecule has 2 aromatic rings. The third kappa shape index (κ3) is 3.01. The number of nitrogens with zero attached hydrogens (tertiary/aromatic N) is 1. The summed E-state index contributed by atoms with van der Waals surface area (Å²) in [5, 5.41) is 1.54. The Morgan fingerprint density at radius 3 is 2.76 bits per heavy atom. The quantitative estimate of drug-likeness (QED) is 0.783. The first kappa shape index (κ1) is 12.4. The summed E-state index contributed by atoms with van der Waals surface area (Å²) < 4.78 is 29.0. The molecular formula is C11H8BrF2NOS. The Hall–Kier alpha value is -1.01. The van der Waals surface area contributed by atoms with Crippen LogP contribution in [0.15, 0.2) is 30.5 Å². The largest absolute Gasteiger partial charge is 0.434 e. The van der Waals surface area contributed by atoms with Gasteiger partial charge in [-0.15, -0.1) is 11.3 Å². The molecule has 0 aliphatic heterocycles. The van der Waals surface area contributed by atoms with Gasteiger partial charge in [0.1, 0.15) is 10.8 Å². The molecule has 0 aliphatic carbocycles. The predicted molar refractivity (Wildman–Crippen MR) is 66.8 cm³/mol. The number of hydrogen-bond acceptors (Lipinski definition) is 3. The Balaban J connectivity index is 2.36. The molecule has 0 unspecified atom stereocenters. The van der Waals surface area contributed by atoms with E-state index in [-0.39, 0.29) is 5.75 Å². The monoisotopic (exact) mass is 319 g/mol. The Bertz CT molecular complexity index is 504. The fourth-order valence-corrected chi connectivity index (χ4v) is 2.65. The van der Waals surface area contributed by atoms with E-state index in [0.717, 1.165) is 9.88 Å². The second kappa shape index (κ2) is 5.55. The van der Waals surface area contributed by atoms with Gasteiger partial charge in [0.25, 0.3) is 0 Å². The standard InChI is InChI=1S/C11H8BrF2NOS/c12-5-10-15-6-9(17-10)7-3-1-2-4-8(7)16-11(13)14/h1-4,6,11H,5H2. The van der Waals surface area contributed by atoms with E-state index in [1.165, 1.54) is 17.4 Å². The second-order valence-electron chi connectivity index (χ2n) is 3.13. The lowest BCUT2D eigenvalue weighted by Crippen LogP contribution is -2.02. The van der Waals surface area contributed by atoms with Crippen LogP contribution in [0.1, 0.15) is 5.01 Å². The van der Waals surface area contributed by atoms with Gasteiger partial charge in [-0.1, -0.05) is 28.1 Å². The third-order valence-corrected chi connectivity index (χ3v) is 3.97. The van der Waals surface area contributed by atoms with Gasteiger partial charge in [-0.05, 0) is 12.1 Å². The summed E-state index contributed by atoms with van der Waals surface area (Å²) in [4.78, 5) is 4.98. The molecule has 90 valence electrons. The van der Waals surface area contributed by atoms with E-state index >= 15 is 0 Å². The van der Waals surface area contributed by atoms with Crippen molar-refractivity contribution in [2.24, 2.45) is 0 Å². The van der Waals surface area contributed by atoms with Crippen molar-refractivity contribution in [3.63, 3.8) is 0 Å². The van der Waals surface area contributed by atoms with Crippen LogP contribution >= 0.6 is 27.3 Å². The maximum absolute atomic E-state index is 12.2. The number of para-hydroxylation sites is 1. The number of alkyl halides is 3. The average molecular weight is 320 g/mol. The topological polar surface area (TPSA) is 22.1 Å². The van der Waals surface area contributed by atoms with Gasteiger partial charge in [0.2, 0.25) is 0 Å². The van der Waals surface area contributed by atoms with Crippen LogP contribution in [0.5, 0.6) is 5.75 Å². The molecule has 0 aliphatic rings. The SMILES string of the molecule is FC(F)Oc1ccccc1-c1cnc(CBr)s1. The first-order valence-corrected chi connectivity index (χ1v) is 6.69. The zero-order valence-electron chi connectivity index (χ0n) is 8.57. The Morgan fingerprint density at radius 2 is 2.12 bits per heavy atom. The highest BCUT2D eigenvalue weighted by atomic mass is 79.9. The van der Waals surface area contributed by atoms with Crippen LogP contribution < -0.4 is 4.74 Å². The lowest BCUT2D eigenvalue weighted by molar-refractivity contribution is -0.0494. The molecule has 2 nitrogen and oxygen atoms in total. The first-order valence-electron chi connectivity index (χ1n) is 4.75. The van der Waals surface area contributed by atoms with Crippen molar-refractivity contribution in [2.75, 3.05) is 0 Å². The Labute approximate surface area is 109 Å².